The second kappa shape index (κ2) is 25.2. The van der Waals surface area contributed by atoms with E-state index in [1.807, 2.05) is 44.7 Å². The third-order valence-corrected chi connectivity index (χ3v) is 17.5. The first-order valence-electron chi connectivity index (χ1n) is 26.1. The van der Waals surface area contributed by atoms with E-state index in [1.54, 1.807) is 47.7 Å². The lowest BCUT2D eigenvalue weighted by Gasteiger charge is -2.51. The summed E-state index contributed by atoms with van der Waals surface area (Å²) >= 11 is 0. The molecule has 0 aliphatic carbocycles. The molecular weight excluding hydrogens is 986 g/mol. The molecule has 0 bridgehead atoms. The Balaban J connectivity index is 1.41. The average molecular weight is 1070 g/mol. The predicted octanol–water partition coefficient (Wildman–Crippen LogP) is 2.73. The van der Waals surface area contributed by atoms with Crippen LogP contribution in [0.15, 0.2) is 35.4 Å². The van der Waals surface area contributed by atoms with Gasteiger partial charge in [-0.25, -0.2) is 17.5 Å². The van der Waals surface area contributed by atoms with Crippen LogP contribution in [0.5, 0.6) is 5.75 Å². The summed E-state index contributed by atoms with van der Waals surface area (Å²) in [5.41, 5.74) is -4.09. The van der Waals surface area contributed by atoms with E-state index in [1.165, 1.54) is 43.0 Å². The van der Waals surface area contributed by atoms with E-state index >= 15 is 0 Å². The largest absolute Gasteiger partial charge is 0.491 e. The van der Waals surface area contributed by atoms with Gasteiger partial charge in [0.2, 0.25) is 0 Å². The molecule has 6 N–H and O–H groups in total. The highest BCUT2D eigenvalue weighted by Crippen LogP contribution is 2.45. The molecule has 1 aromatic carbocycles. The number of nitrogens with zero attached hydrogens (tertiary/aromatic N) is 5. The van der Waals surface area contributed by atoms with Gasteiger partial charge in [0, 0.05) is 63.5 Å². The van der Waals surface area contributed by atoms with Crippen molar-refractivity contribution in [3.05, 3.63) is 36.2 Å². The second-order valence-corrected chi connectivity index (χ2v) is 24.6. The number of hydrogen-bond donors (Lipinski definition) is 6. The lowest BCUT2D eigenvalue weighted by Crippen LogP contribution is -2.62. The van der Waals surface area contributed by atoms with Gasteiger partial charge in [0.1, 0.15) is 61.2 Å². The van der Waals surface area contributed by atoms with Gasteiger partial charge in [-0.05, 0) is 111 Å². The molecule has 2 aromatic rings. The Morgan fingerprint density at radius 1 is 1.00 bits per heavy atom. The van der Waals surface area contributed by atoms with Crippen LogP contribution in [0.4, 0.5) is 4.39 Å². The normalized spacial score (nSPS) is 39.4. The van der Waals surface area contributed by atoms with Crippen molar-refractivity contribution in [2.45, 2.75) is 202 Å². The van der Waals surface area contributed by atoms with Gasteiger partial charge in [0.05, 0.1) is 52.1 Å². The fourth-order valence-electron chi connectivity index (χ4n) is 11.7. The number of aromatic nitrogens is 3. The van der Waals surface area contributed by atoms with E-state index in [4.69, 9.17) is 28.4 Å². The van der Waals surface area contributed by atoms with Gasteiger partial charge < -0.3 is 68.9 Å². The number of ether oxygens (including phenoxy) is 6. The molecule has 74 heavy (non-hydrogen) atoms. The molecule has 3 aliphatic rings. The first-order chi connectivity index (χ1) is 34.4. The molecule has 20 atom stereocenters. The van der Waals surface area contributed by atoms with Crippen molar-refractivity contribution < 1.29 is 76.7 Å². The topological polar surface area (TPSA) is 265 Å². The van der Waals surface area contributed by atoms with Gasteiger partial charge in [-0.2, -0.15) is 0 Å². The van der Waals surface area contributed by atoms with Crippen molar-refractivity contribution in [2.75, 3.05) is 53.8 Å². The van der Waals surface area contributed by atoms with E-state index in [9.17, 15) is 48.2 Å². The average Bonchev–Trinajstić information content (AvgIpc) is 3.80. The van der Waals surface area contributed by atoms with Crippen molar-refractivity contribution in [3.63, 3.8) is 0 Å². The van der Waals surface area contributed by atoms with Crippen LogP contribution in [0.2, 0.25) is 0 Å². The fourth-order valence-corrected chi connectivity index (χ4v) is 12.3. The van der Waals surface area contributed by atoms with Crippen molar-refractivity contribution in [2.24, 2.45) is 23.7 Å². The first-order valence-corrected chi connectivity index (χ1v) is 28.0. The molecule has 1 aromatic heterocycles. The number of likely N-dealkylation sites (N-methyl/N-ethyl adjacent to an activating group) is 2. The first kappa shape index (κ1) is 61.9. The van der Waals surface area contributed by atoms with E-state index < -0.39 is 136 Å². The number of carbonyl (C=O) groups excluding carboxylic acids is 1. The Hall–Kier alpha value is -2.97. The Morgan fingerprint density at radius 3 is 2.24 bits per heavy atom. The highest BCUT2D eigenvalue weighted by Gasteiger charge is 2.55. The zero-order valence-corrected chi connectivity index (χ0v) is 46.8. The monoisotopic (exact) mass is 1070 g/mol. The van der Waals surface area contributed by atoms with Crippen molar-refractivity contribution >= 4 is 15.8 Å². The smallest absolute Gasteiger partial charge is 0.309 e. The van der Waals surface area contributed by atoms with Gasteiger partial charge >= 0.3 is 5.97 Å². The Bertz CT molecular complexity index is 2210. The van der Waals surface area contributed by atoms with Crippen LogP contribution in [0.3, 0.4) is 0 Å². The number of aliphatic hydroxyl groups excluding tert-OH is 4. The number of benzene rings is 1. The minimum absolute atomic E-state index is 0.108. The molecule has 4 heterocycles. The summed E-state index contributed by atoms with van der Waals surface area (Å²) in [5.74, 6) is -3.08. The van der Waals surface area contributed by atoms with Crippen LogP contribution in [0.1, 0.15) is 107 Å². The summed E-state index contributed by atoms with van der Waals surface area (Å²) in [6, 6.07) is 3.42. The number of alkyl halides is 1. The summed E-state index contributed by atoms with van der Waals surface area (Å²) in [6.45, 7) is 17.1. The molecule has 0 saturated carbocycles. The number of esters is 1. The molecule has 0 spiro atoms. The maximum Gasteiger partial charge on any atom is 0.309 e. The zero-order chi connectivity index (χ0) is 55.4. The maximum absolute atomic E-state index is 14.6. The molecule has 1 unspecified atom stereocenters. The van der Waals surface area contributed by atoms with Crippen LogP contribution in [0.25, 0.3) is 0 Å². The number of halogens is 1. The Kier molecular flexibility index (Phi) is 21.1. The summed E-state index contributed by atoms with van der Waals surface area (Å²) < 4.78 is 77.0. The standard InChI is InChI=1S/C52H88FN5O15S/c1-15-42-52(10,65)45(61)33(6)57(12)26-29(2)23-50(8,64)47(31(4)43(32(5)48(63)72-42)41-24-51(9,68-13)46(62)34(7)71-41)73-49-44(60)38(22-30(3)70-49)56(11)21-20-35-27-58(55-54-35)39(25-53)40(59)28-69-36-16-18-37(19-17-36)74(14,66)67/h16-19,27,29-34,38-47,49,59-62,64-65H,15,20-26,28H2,1-14H3/t29-,30-,31+,32-,33-,34+,38+,39-,40-,41?,42-,43+,44-,45-,46+,47-,49+,50-,51-,52-/m1/s1. The minimum atomic E-state index is -3.41. The fraction of sp³-hybridized carbons (Fsp3) is 0.827. The molecule has 5 rings (SSSR count). The lowest BCUT2D eigenvalue weighted by molar-refractivity contribution is -0.302. The van der Waals surface area contributed by atoms with Crippen LogP contribution in [-0.2, 0) is 44.7 Å². The molecule has 20 nitrogen and oxygen atoms in total. The number of aliphatic hydroxyl groups is 6. The summed E-state index contributed by atoms with van der Waals surface area (Å²) in [6.07, 6.45) is -6.46. The zero-order valence-electron chi connectivity index (χ0n) is 45.9. The Morgan fingerprint density at radius 2 is 1.65 bits per heavy atom. The molecule has 22 heteroatoms. The molecular formula is C52H88FN5O15S. The third-order valence-electron chi connectivity index (χ3n) is 16.4. The Labute approximate surface area is 437 Å². The van der Waals surface area contributed by atoms with Gasteiger partial charge in [0.25, 0.3) is 0 Å². The molecule has 3 saturated heterocycles. The van der Waals surface area contributed by atoms with E-state index in [0.717, 1.165) is 6.26 Å². The van der Waals surface area contributed by atoms with E-state index in [2.05, 4.69) is 10.3 Å². The number of hydrogen-bond acceptors (Lipinski definition) is 19. The summed E-state index contributed by atoms with van der Waals surface area (Å²) in [5, 5.41) is 79.3. The van der Waals surface area contributed by atoms with Gasteiger partial charge in [0.15, 0.2) is 16.1 Å². The van der Waals surface area contributed by atoms with Crippen molar-refractivity contribution in [1.29, 1.82) is 0 Å². The van der Waals surface area contributed by atoms with E-state index in [-0.39, 0.29) is 36.7 Å². The minimum Gasteiger partial charge on any atom is -0.491 e. The van der Waals surface area contributed by atoms with Crippen LogP contribution >= 0.6 is 0 Å². The summed E-state index contributed by atoms with van der Waals surface area (Å²) in [4.78, 5) is 18.6. The molecule has 0 radical (unpaired) electrons. The predicted molar refractivity (Wildman–Crippen MR) is 272 cm³/mol. The second-order valence-electron chi connectivity index (χ2n) is 22.6. The van der Waals surface area contributed by atoms with Gasteiger partial charge in [-0.1, -0.05) is 32.9 Å². The van der Waals surface area contributed by atoms with Gasteiger partial charge in [-0.3, -0.25) is 4.79 Å². The maximum atomic E-state index is 14.6. The quantitative estimate of drug-likeness (QED) is 0.132. The van der Waals surface area contributed by atoms with Gasteiger partial charge in [-0.15, -0.1) is 5.10 Å². The number of cyclic esters (lactones) is 1. The van der Waals surface area contributed by atoms with Crippen molar-refractivity contribution in [1.82, 2.24) is 24.8 Å². The van der Waals surface area contributed by atoms with Crippen LogP contribution in [0, 0.1) is 23.7 Å². The van der Waals surface area contributed by atoms with Crippen LogP contribution < -0.4 is 4.74 Å². The van der Waals surface area contributed by atoms with Crippen molar-refractivity contribution in [3.8, 4) is 5.75 Å². The highest BCUT2D eigenvalue weighted by molar-refractivity contribution is 7.90. The number of methoxy groups -OCH3 is 1. The lowest BCUT2D eigenvalue weighted by atomic mass is 9.68. The SMILES string of the molecule is CC[C@H]1OC(=O)[C@H](C)[C@@H](C2C[C@@](C)(OC)[C@@H](O)[C@H](C)O2)[C@H](C)[C@@H](O[C@@H]2O[C@H](C)C[C@H](N(C)CCc3cn([C@H](CF)[C@H](O)COc4ccc(S(C)(=O)=O)cc4)nn3)[C@H]2O)[C@](C)(O)C[C@@H](C)CN(C)[C@H](C)[C@@H](O)[C@]1(C)O. The van der Waals surface area contributed by atoms with E-state index in [0.29, 0.717) is 37.4 Å². The number of sulfone groups is 1. The summed E-state index contributed by atoms with van der Waals surface area (Å²) in [7, 11) is 1.75. The number of rotatable bonds is 16. The molecule has 424 valence electrons. The highest BCUT2D eigenvalue weighted by atomic mass is 32.2. The van der Waals surface area contributed by atoms with Crippen LogP contribution in [-0.4, -0.2) is 214 Å². The third kappa shape index (κ3) is 14.4. The molecule has 3 aliphatic heterocycles. The molecule has 0 amide bonds. The number of carbonyl (C=O) groups is 1. The molecule has 3 fully saturated rings.